The summed E-state index contributed by atoms with van der Waals surface area (Å²) in [5.74, 6) is 0.989. The Kier molecular flexibility index (Phi) is 5.98. The van der Waals surface area contributed by atoms with Gasteiger partial charge in [-0.15, -0.1) is 0 Å². The molecule has 6 nitrogen and oxygen atoms in total. The third kappa shape index (κ3) is 4.96. The fourth-order valence-corrected chi connectivity index (χ4v) is 2.43. The van der Waals surface area contributed by atoms with Gasteiger partial charge in [-0.2, -0.15) is 0 Å². The number of hydrogen-bond donors (Lipinski definition) is 1. The van der Waals surface area contributed by atoms with Crippen molar-refractivity contribution < 1.29 is 19.1 Å². The number of nitrogens with zero attached hydrogens (tertiary/aromatic N) is 1. The van der Waals surface area contributed by atoms with Gasteiger partial charge >= 0.3 is 0 Å². The smallest absolute Gasteiger partial charge is 0.253 e. The number of carbonyl (C=O) groups excluding carboxylic acids is 2. The maximum absolute atomic E-state index is 12.1. The Labute approximate surface area is 136 Å². The molecule has 1 fully saturated rings. The van der Waals surface area contributed by atoms with Crippen LogP contribution in [0.15, 0.2) is 24.3 Å². The van der Waals surface area contributed by atoms with Crippen LogP contribution in [-0.4, -0.2) is 44.7 Å². The second kappa shape index (κ2) is 7.97. The first-order valence-corrected chi connectivity index (χ1v) is 7.82. The van der Waals surface area contributed by atoms with Gasteiger partial charge in [-0.25, -0.2) is 0 Å². The highest BCUT2D eigenvalue weighted by molar-refractivity contribution is 5.95. The topological polar surface area (TPSA) is 67.9 Å². The number of methoxy groups -OCH3 is 1. The van der Waals surface area contributed by atoms with E-state index in [1.807, 2.05) is 38.1 Å². The van der Waals surface area contributed by atoms with E-state index in [-0.39, 0.29) is 24.5 Å². The Hall–Kier alpha value is -2.08. The van der Waals surface area contributed by atoms with Gasteiger partial charge in [-0.3, -0.25) is 9.59 Å². The highest BCUT2D eigenvalue weighted by Crippen LogP contribution is 2.21. The van der Waals surface area contributed by atoms with Gasteiger partial charge in [-0.05, 0) is 30.2 Å². The van der Waals surface area contributed by atoms with Gasteiger partial charge < -0.3 is 19.7 Å². The van der Waals surface area contributed by atoms with Crippen LogP contribution in [0, 0.1) is 5.92 Å². The first kappa shape index (κ1) is 17.3. The molecule has 0 aliphatic carbocycles. The van der Waals surface area contributed by atoms with E-state index in [1.54, 1.807) is 12.0 Å². The molecule has 0 bridgehead atoms. The van der Waals surface area contributed by atoms with Crippen molar-refractivity contribution in [1.82, 2.24) is 5.32 Å². The number of ether oxygens (including phenoxy) is 2. The lowest BCUT2D eigenvalue weighted by atomic mass is 10.1. The average Bonchev–Trinajstić information content (AvgIpc) is 2.53. The second-order valence-electron chi connectivity index (χ2n) is 6.04. The number of morpholine rings is 1. The molecule has 1 atom stereocenters. The van der Waals surface area contributed by atoms with Crippen molar-refractivity contribution in [2.45, 2.75) is 26.4 Å². The predicted octanol–water partition coefficient (Wildman–Crippen LogP) is 1.59. The van der Waals surface area contributed by atoms with E-state index >= 15 is 0 Å². The maximum atomic E-state index is 12.1. The summed E-state index contributed by atoms with van der Waals surface area (Å²) < 4.78 is 10.6. The molecule has 2 amide bonds. The van der Waals surface area contributed by atoms with Crippen molar-refractivity contribution in [2.75, 3.05) is 31.7 Å². The number of amides is 2. The van der Waals surface area contributed by atoms with Crippen LogP contribution in [0.4, 0.5) is 5.69 Å². The van der Waals surface area contributed by atoms with Crippen molar-refractivity contribution in [3.05, 3.63) is 24.3 Å². The molecule has 6 heteroatoms. The normalized spacial score (nSPS) is 18.2. The van der Waals surface area contributed by atoms with E-state index in [0.717, 1.165) is 11.4 Å². The zero-order valence-electron chi connectivity index (χ0n) is 13.9. The van der Waals surface area contributed by atoms with E-state index in [4.69, 9.17) is 9.47 Å². The molecule has 1 saturated heterocycles. The van der Waals surface area contributed by atoms with Gasteiger partial charge in [0, 0.05) is 18.7 Å². The van der Waals surface area contributed by atoms with Crippen molar-refractivity contribution in [3.8, 4) is 5.75 Å². The molecule has 1 unspecified atom stereocenters. The fraction of sp³-hybridized carbons (Fsp3) is 0.529. The lowest BCUT2D eigenvalue weighted by Crippen LogP contribution is -2.50. The molecular formula is C17H24N2O4. The van der Waals surface area contributed by atoms with E-state index in [1.165, 1.54) is 0 Å². The minimum Gasteiger partial charge on any atom is -0.497 e. The number of rotatable bonds is 6. The zero-order chi connectivity index (χ0) is 16.8. The highest BCUT2D eigenvalue weighted by atomic mass is 16.5. The van der Waals surface area contributed by atoms with Crippen LogP contribution < -0.4 is 15.0 Å². The number of carbonyl (C=O) groups is 2. The Bertz CT molecular complexity index is 542. The number of nitrogens with one attached hydrogen (secondary N) is 1. The molecule has 0 aromatic heterocycles. The maximum Gasteiger partial charge on any atom is 0.253 e. The van der Waals surface area contributed by atoms with Gasteiger partial charge in [0.1, 0.15) is 12.4 Å². The molecule has 0 spiro atoms. The van der Waals surface area contributed by atoms with Crippen molar-refractivity contribution in [2.24, 2.45) is 5.92 Å². The zero-order valence-corrected chi connectivity index (χ0v) is 13.9. The van der Waals surface area contributed by atoms with E-state index < -0.39 is 0 Å². The molecule has 2 rings (SSSR count). The van der Waals surface area contributed by atoms with Crippen LogP contribution >= 0.6 is 0 Å². The lowest BCUT2D eigenvalue weighted by molar-refractivity contribution is -0.129. The second-order valence-corrected chi connectivity index (χ2v) is 6.04. The van der Waals surface area contributed by atoms with E-state index in [0.29, 0.717) is 25.4 Å². The van der Waals surface area contributed by atoms with Gasteiger partial charge in [0.05, 0.1) is 19.8 Å². The molecule has 23 heavy (non-hydrogen) atoms. The van der Waals surface area contributed by atoms with E-state index in [9.17, 15) is 9.59 Å². The van der Waals surface area contributed by atoms with Gasteiger partial charge in [-0.1, -0.05) is 13.8 Å². The van der Waals surface area contributed by atoms with Gasteiger partial charge in [0.15, 0.2) is 0 Å². The van der Waals surface area contributed by atoms with Crippen LogP contribution in [0.1, 0.15) is 20.3 Å². The van der Waals surface area contributed by atoms with Crippen molar-refractivity contribution in [1.29, 1.82) is 0 Å². The molecule has 0 radical (unpaired) electrons. The molecule has 0 saturated carbocycles. The van der Waals surface area contributed by atoms with Gasteiger partial charge in [0.2, 0.25) is 5.91 Å². The van der Waals surface area contributed by atoms with Crippen LogP contribution in [-0.2, 0) is 14.3 Å². The Morgan fingerprint density at radius 2 is 2.09 bits per heavy atom. The summed E-state index contributed by atoms with van der Waals surface area (Å²) in [4.78, 5) is 25.5. The third-order valence-corrected chi connectivity index (χ3v) is 3.63. The Balaban J connectivity index is 1.93. The minimum atomic E-state index is -0.203. The van der Waals surface area contributed by atoms with Crippen LogP contribution in [0.2, 0.25) is 0 Å². The quantitative estimate of drug-likeness (QED) is 0.864. The van der Waals surface area contributed by atoms with Crippen molar-refractivity contribution in [3.63, 3.8) is 0 Å². The summed E-state index contributed by atoms with van der Waals surface area (Å²) in [5.41, 5.74) is 0.803. The summed E-state index contributed by atoms with van der Waals surface area (Å²) in [5, 5.41) is 2.87. The van der Waals surface area contributed by atoms with Crippen LogP contribution in [0.3, 0.4) is 0 Å². The summed E-state index contributed by atoms with van der Waals surface area (Å²) in [7, 11) is 1.60. The fourth-order valence-electron chi connectivity index (χ4n) is 2.43. The summed E-state index contributed by atoms with van der Waals surface area (Å²) in [6, 6.07) is 7.32. The molecule has 1 N–H and O–H groups in total. The van der Waals surface area contributed by atoms with Crippen molar-refractivity contribution >= 4 is 17.5 Å². The summed E-state index contributed by atoms with van der Waals surface area (Å²) >= 11 is 0. The Morgan fingerprint density at radius 1 is 1.39 bits per heavy atom. The largest absolute Gasteiger partial charge is 0.497 e. The summed E-state index contributed by atoms with van der Waals surface area (Å²) in [6.07, 6.45) is 0.291. The molecule has 1 aliphatic rings. The Morgan fingerprint density at radius 3 is 2.70 bits per heavy atom. The molecule has 1 heterocycles. The molecule has 1 aliphatic heterocycles. The standard InChI is InChI=1S/C17H24N2O4/c1-12(2)8-16(20)18-9-15-10-19(17(21)11-23-15)13-4-6-14(22-3)7-5-13/h4-7,12,15H,8-11H2,1-3H3,(H,18,20). The molecule has 126 valence electrons. The van der Waals surface area contributed by atoms with Crippen LogP contribution in [0.5, 0.6) is 5.75 Å². The van der Waals surface area contributed by atoms with E-state index in [2.05, 4.69) is 5.32 Å². The minimum absolute atomic E-state index is 0.0106. The predicted molar refractivity (Wildman–Crippen MR) is 87.6 cm³/mol. The number of hydrogen-bond acceptors (Lipinski definition) is 4. The first-order chi connectivity index (χ1) is 11.0. The molecule has 1 aromatic rings. The highest BCUT2D eigenvalue weighted by Gasteiger charge is 2.27. The third-order valence-electron chi connectivity index (χ3n) is 3.63. The SMILES string of the molecule is COc1ccc(N2CC(CNC(=O)CC(C)C)OCC2=O)cc1. The lowest BCUT2D eigenvalue weighted by Gasteiger charge is -2.33. The monoisotopic (exact) mass is 320 g/mol. The molecule has 1 aromatic carbocycles. The van der Waals surface area contributed by atoms with Crippen LogP contribution in [0.25, 0.3) is 0 Å². The number of benzene rings is 1. The number of anilines is 1. The summed E-state index contributed by atoms with van der Waals surface area (Å²) in [6.45, 7) is 4.86. The average molecular weight is 320 g/mol. The first-order valence-electron chi connectivity index (χ1n) is 7.82. The van der Waals surface area contributed by atoms with Gasteiger partial charge in [0.25, 0.3) is 5.91 Å². The molecular weight excluding hydrogens is 296 g/mol.